The fraction of sp³-hybridized carbons (Fsp3) is 0.208. The molecule has 32 heavy (non-hydrogen) atoms. The Kier molecular flexibility index (Phi) is 5.38. The summed E-state index contributed by atoms with van der Waals surface area (Å²) in [6, 6.07) is 13.5. The van der Waals surface area contributed by atoms with E-state index in [9.17, 15) is 13.6 Å². The van der Waals surface area contributed by atoms with Gasteiger partial charge < -0.3 is 10.5 Å². The Morgan fingerprint density at radius 1 is 1.09 bits per heavy atom. The molecule has 1 aliphatic heterocycles. The Morgan fingerprint density at radius 3 is 2.47 bits per heavy atom. The third-order valence-corrected chi connectivity index (χ3v) is 5.44. The summed E-state index contributed by atoms with van der Waals surface area (Å²) in [6.45, 7) is 3.06. The summed E-state index contributed by atoms with van der Waals surface area (Å²) in [7, 11) is 1.55. The Balaban J connectivity index is 1.90. The minimum absolute atomic E-state index is 0.0724. The highest BCUT2D eigenvalue weighted by atomic mass is 19.1. The van der Waals surface area contributed by atoms with E-state index in [2.05, 4.69) is 9.98 Å². The van der Waals surface area contributed by atoms with Crippen LogP contribution in [0.1, 0.15) is 23.6 Å². The summed E-state index contributed by atoms with van der Waals surface area (Å²) < 4.78 is 32.3. The highest BCUT2D eigenvalue weighted by molar-refractivity contribution is 6.09. The molecule has 6 nitrogen and oxygen atoms in total. The Bertz CT molecular complexity index is 1230. The summed E-state index contributed by atoms with van der Waals surface area (Å²) in [6.07, 6.45) is 1.20. The van der Waals surface area contributed by atoms with E-state index in [1.807, 2.05) is 0 Å². The number of aromatic nitrogens is 1. The van der Waals surface area contributed by atoms with Crippen molar-refractivity contribution in [3.05, 3.63) is 83.4 Å². The zero-order valence-corrected chi connectivity index (χ0v) is 17.8. The van der Waals surface area contributed by atoms with Crippen LogP contribution in [0, 0.1) is 12.7 Å². The van der Waals surface area contributed by atoms with Crippen LogP contribution in [-0.2, 0) is 10.3 Å². The molecule has 2 N–H and O–H groups in total. The number of carbonyl (C=O) groups is 1. The van der Waals surface area contributed by atoms with E-state index in [0.717, 1.165) is 6.20 Å². The van der Waals surface area contributed by atoms with Crippen LogP contribution in [0.5, 0.6) is 5.75 Å². The number of hydrogen-bond acceptors (Lipinski definition) is 5. The van der Waals surface area contributed by atoms with Crippen LogP contribution >= 0.6 is 0 Å². The second-order valence-corrected chi connectivity index (χ2v) is 7.66. The summed E-state index contributed by atoms with van der Waals surface area (Å²) in [5, 5.41) is 0. The molecule has 0 spiro atoms. The Labute approximate surface area is 184 Å². The van der Waals surface area contributed by atoms with Gasteiger partial charge in [-0.2, -0.15) is 0 Å². The SMILES string of the molecule is Cc1cc(C2(c3cccc(-c4cncc(F)c4)c3)N=C(N)N(C)C2=O)ccc1OC(C)F. The van der Waals surface area contributed by atoms with Crippen LogP contribution in [0.15, 0.2) is 65.9 Å². The number of guanidine groups is 1. The molecule has 0 fully saturated rings. The summed E-state index contributed by atoms with van der Waals surface area (Å²) >= 11 is 0. The van der Waals surface area contributed by atoms with E-state index in [4.69, 9.17) is 10.5 Å². The van der Waals surface area contributed by atoms with Gasteiger partial charge in [-0.3, -0.25) is 14.7 Å². The van der Waals surface area contributed by atoms with Crippen molar-refractivity contribution in [2.45, 2.75) is 25.7 Å². The average Bonchev–Trinajstić information content (AvgIpc) is 3.00. The number of alkyl halides is 1. The van der Waals surface area contributed by atoms with Crippen molar-refractivity contribution in [1.82, 2.24) is 9.88 Å². The third kappa shape index (κ3) is 3.57. The van der Waals surface area contributed by atoms with Crippen molar-refractivity contribution in [3.8, 4) is 16.9 Å². The number of aryl methyl sites for hydroxylation is 1. The second kappa shape index (κ2) is 8.03. The first-order chi connectivity index (χ1) is 15.2. The van der Waals surface area contributed by atoms with Gasteiger partial charge in [0.05, 0.1) is 6.20 Å². The maximum Gasteiger partial charge on any atom is 0.266 e. The van der Waals surface area contributed by atoms with Gasteiger partial charge in [-0.15, -0.1) is 0 Å². The topological polar surface area (TPSA) is 80.8 Å². The van der Waals surface area contributed by atoms with E-state index in [0.29, 0.717) is 33.6 Å². The van der Waals surface area contributed by atoms with Gasteiger partial charge in [0.25, 0.3) is 5.91 Å². The fourth-order valence-corrected chi connectivity index (χ4v) is 3.86. The van der Waals surface area contributed by atoms with Crippen LogP contribution in [0.2, 0.25) is 0 Å². The Hall–Kier alpha value is -3.81. The fourth-order valence-electron chi connectivity index (χ4n) is 3.86. The number of rotatable bonds is 5. The number of pyridine rings is 1. The summed E-state index contributed by atoms with van der Waals surface area (Å²) in [5.41, 5.74) is 7.60. The van der Waals surface area contributed by atoms with E-state index < -0.39 is 17.7 Å². The van der Waals surface area contributed by atoms with Gasteiger partial charge >= 0.3 is 0 Å². The lowest BCUT2D eigenvalue weighted by Crippen LogP contribution is -2.41. The number of carbonyl (C=O) groups excluding carboxylic acids is 1. The van der Waals surface area contributed by atoms with E-state index in [1.165, 1.54) is 17.9 Å². The average molecular weight is 436 g/mol. The maximum atomic E-state index is 13.7. The van der Waals surface area contributed by atoms with Crippen molar-refractivity contribution in [3.63, 3.8) is 0 Å². The number of amides is 1. The van der Waals surface area contributed by atoms with Crippen LogP contribution in [0.25, 0.3) is 11.1 Å². The minimum atomic E-state index is -1.47. The molecule has 1 amide bonds. The molecule has 0 radical (unpaired) electrons. The van der Waals surface area contributed by atoms with Gasteiger partial charge in [0.2, 0.25) is 6.36 Å². The first-order valence-electron chi connectivity index (χ1n) is 9.99. The lowest BCUT2D eigenvalue weighted by atomic mass is 9.81. The van der Waals surface area contributed by atoms with Crippen molar-refractivity contribution >= 4 is 11.9 Å². The van der Waals surface area contributed by atoms with Crippen molar-refractivity contribution < 1.29 is 18.3 Å². The monoisotopic (exact) mass is 436 g/mol. The lowest BCUT2D eigenvalue weighted by molar-refractivity contribution is -0.129. The van der Waals surface area contributed by atoms with Gasteiger partial charge in [0.15, 0.2) is 11.5 Å². The normalized spacial score (nSPS) is 19.1. The number of ether oxygens (including phenoxy) is 1. The molecule has 1 aromatic heterocycles. The largest absolute Gasteiger partial charge is 0.460 e. The van der Waals surface area contributed by atoms with E-state index >= 15 is 0 Å². The number of likely N-dealkylation sites (N-methyl/N-ethyl adjacent to an activating group) is 1. The molecule has 2 atom stereocenters. The predicted molar refractivity (Wildman–Crippen MR) is 117 cm³/mol. The molecule has 4 rings (SSSR count). The zero-order chi connectivity index (χ0) is 23.0. The molecule has 2 heterocycles. The first kappa shape index (κ1) is 21.4. The number of nitrogens with zero attached hydrogens (tertiary/aromatic N) is 3. The maximum absolute atomic E-state index is 13.7. The number of benzene rings is 2. The third-order valence-electron chi connectivity index (χ3n) is 5.44. The molecule has 0 bridgehead atoms. The van der Waals surface area contributed by atoms with Gasteiger partial charge in [0, 0.05) is 25.7 Å². The highest BCUT2D eigenvalue weighted by Crippen LogP contribution is 2.41. The van der Waals surface area contributed by atoms with Crippen LogP contribution in [0.4, 0.5) is 8.78 Å². The molecule has 2 unspecified atom stereocenters. The minimum Gasteiger partial charge on any atom is -0.460 e. The number of aliphatic imine (C=N–C) groups is 1. The number of hydrogen-bond donors (Lipinski definition) is 1. The summed E-state index contributed by atoms with van der Waals surface area (Å²) in [5.74, 6) is -0.358. The molecule has 0 saturated carbocycles. The van der Waals surface area contributed by atoms with E-state index in [1.54, 1.807) is 62.6 Å². The van der Waals surface area contributed by atoms with Crippen molar-refractivity contribution in [1.29, 1.82) is 0 Å². The van der Waals surface area contributed by atoms with Gasteiger partial charge in [-0.1, -0.05) is 24.3 Å². The quantitative estimate of drug-likeness (QED) is 0.657. The lowest BCUT2D eigenvalue weighted by Gasteiger charge is -2.27. The number of nitrogens with two attached hydrogens (primary N) is 1. The molecular formula is C24H22F2N4O2. The van der Waals surface area contributed by atoms with E-state index in [-0.39, 0.29) is 11.9 Å². The second-order valence-electron chi connectivity index (χ2n) is 7.66. The molecule has 3 aromatic rings. The van der Waals surface area contributed by atoms with Crippen LogP contribution < -0.4 is 10.5 Å². The predicted octanol–water partition coefficient (Wildman–Crippen LogP) is 3.92. The highest BCUT2D eigenvalue weighted by Gasteiger charge is 2.49. The summed E-state index contributed by atoms with van der Waals surface area (Å²) in [4.78, 5) is 23.3. The zero-order valence-electron chi connectivity index (χ0n) is 17.8. The van der Waals surface area contributed by atoms with Crippen molar-refractivity contribution in [2.75, 3.05) is 7.05 Å². The van der Waals surface area contributed by atoms with Gasteiger partial charge in [0.1, 0.15) is 11.6 Å². The molecule has 8 heteroatoms. The van der Waals surface area contributed by atoms with Gasteiger partial charge in [-0.25, -0.2) is 13.8 Å². The van der Waals surface area contributed by atoms with Crippen LogP contribution in [-0.4, -0.2) is 35.2 Å². The molecule has 1 aliphatic rings. The van der Waals surface area contributed by atoms with Crippen molar-refractivity contribution in [2.24, 2.45) is 10.7 Å². The molecular weight excluding hydrogens is 414 g/mol. The van der Waals surface area contributed by atoms with Crippen LogP contribution in [0.3, 0.4) is 0 Å². The number of halogens is 2. The van der Waals surface area contributed by atoms with Gasteiger partial charge in [-0.05, 0) is 53.4 Å². The Morgan fingerprint density at radius 2 is 1.84 bits per heavy atom. The smallest absolute Gasteiger partial charge is 0.266 e. The molecule has 0 saturated heterocycles. The molecule has 164 valence electrons. The first-order valence-corrected chi connectivity index (χ1v) is 9.99. The standard InChI is InChI=1S/C24H22F2N4O2/c1-14-9-19(7-8-21(14)32-15(2)25)24(22(31)30(3)23(27)29-24)18-6-4-5-16(10-18)17-11-20(26)13-28-12-17/h4-13,15H,1-3H3,(H2,27,29). The molecule has 0 aliphatic carbocycles. The molecule has 2 aromatic carbocycles.